The highest BCUT2D eigenvalue weighted by Crippen LogP contribution is 2.28. The Morgan fingerprint density at radius 1 is 0.571 bits per heavy atom. The van der Waals surface area contributed by atoms with Gasteiger partial charge in [-0.05, 0) is 53.6 Å². The maximum Gasteiger partial charge on any atom is -0.00256 e. The standard InChI is InChI=1S/C21H20/c1-16-8-6-7-11-20(16)21-15-19(13-12-17(21)2)14-18-9-4-3-5-10-18/h3-13,15H,14H2,1-2H3. The largest absolute Gasteiger partial charge is 0.0622 e. The second-order valence-corrected chi connectivity index (χ2v) is 5.63. The van der Waals surface area contributed by atoms with Crippen molar-refractivity contribution in [2.45, 2.75) is 20.3 Å². The van der Waals surface area contributed by atoms with E-state index < -0.39 is 0 Å². The van der Waals surface area contributed by atoms with Crippen LogP contribution in [-0.4, -0.2) is 0 Å². The van der Waals surface area contributed by atoms with E-state index >= 15 is 0 Å². The molecule has 0 nitrogen and oxygen atoms in total. The van der Waals surface area contributed by atoms with Crippen LogP contribution in [0.1, 0.15) is 22.3 Å². The molecule has 21 heavy (non-hydrogen) atoms. The number of hydrogen-bond donors (Lipinski definition) is 0. The highest BCUT2D eigenvalue weighted by molar-refractivity contribution is 5.71. The zero-order chi connectivity index (χ0) is 14.7. The van der Waals surface area contributed by atoms with Gasteiger partial charge < -0.3 is 0 Å². The SMILES string of the molecule is Cc1ccccc1-c1cc(Cc2ccccc2)ccc1C. The summed E-state index contributed by atoms with van der Waals surface area (Å²) < 4.78 is 0. The van der Waals surface area contributed by atoms with Gasteiger partial charge in [0.1, 0.15) is 0 Å². The molecule has 0 aliphatic rings. The van der Waals surface area contributed by atoms with Crippen LogP contribution in [0, 0.1) is 13.8 Å². The molecular weight excluding hydrogens is 252 g/mol. The van der Waals surface area contributed by atoms with Crippen molar-refractivity contribution in [3.8, 4) is 11.1 Å². The van der Waals surface area contributed by atoms with E-state index in [2.05, 4.69) is 86.6 Å². The number of benzene rings is 3. The number of rotatable bonds is 3. The smallest absolute Gasteiger partial charge is 0.00256 e. The lowest BCUT2D eigenvalue weighted by atomic mass is 9.93. The molecule has 3 aromatic carbocycles. The molecule has 0 saturated carbocycles. The lowest BCUT2D eigenvalue weighted by Gasteiger charge is -2.12. The van der Waals surface area contributed by atoms with Crippen LogP contribution >= 0.6 is 0 Å². The van der Waals surface area contributed by atoms with Crippen molar-refractivity contribution in [1.82, 2.24) is 0 Å². The quantitative estimate of drug-likeness (QED) is 0.585. The van der Waals surface area contributed by atoms with E-state index in [1.807, 2.05) is 0 Å². The Balaban J connectivity index is 1.99. The Hall–Kier alpha value is -2.34. The first-order valence-corrected chi connectivity index (χ1v) is 7.43. The van der Waals surface area contributed by atoms with E-state index in [-0.39, 0.29) is 0 Å². The van der Waals surface area contributed by atoms with E-state index in [9.17, 15) is 0 Å². The van der Waals surface area contributed by atoms with Crippen LogP contribution < -0.4 is 0 Å². The van der Waals surface area contributed by atoms with Crippen molar-refractivity contribution in [3.63, 3.8) is 0 Å². The van der Waals surface area contributed by atoms with Crippen molar-refractivity contribution in [3.05, 3.63) is 95.1 Å². The Bertz CT molecular complexity index is 739. The predicted octanol–water partition coefficient (Wildman–Crippen LogP) is 5.56. The lowest BCUT2D eigenvalue weighted by Crippen LogP contribution is -1.92. The van der Waals surface area contributed by atoms with Crippen LogP contribution in [0.5, 0.6) is 0 Å². The van der Waals surface area contributed by atoms with Gasteiger partial charge in [-0.25, -0.2) is 0 Å². The molecular formula is C21H20. The molecule has 104 valence electrons. The highest BCUT2D eigenvalue weighted by atomic mass is 14.1. The average molecular weight is 272 g/mol. The molecule has 0 aliphatic carbocycles. The van der Waals surface area contributed by atoms with E-state index in [1.54, 1.807) is 0 Å². The summed E-state index contributed by atoms with van der Waals surface area (Å²) in [6.07, 6.45) is 0.986. The molecule has 0 heteroatoms. The summed E-state index contributed by atoms with van der Waals surface area (Å²) in [5.41, 5.74) is 8.08. The van der Waals surface area contributed by atoms with Gasteiger partial charge in [0.15, 0.2) is 0 Å². The van der Waals surface area contributed by atoms with E-state index in [0.29, 0.717) is 0 Å². The normalized spacial score (nSPS) is 10.6. The predicted molar refractivity (Wildman–Crippen MR) is 90.6 cm³/mol. The minimum Gasteiger partial charge on any atom is -0.0622 e. The molecule has 0 amide bonds. The maximum atomic E-state index is 2.34. The van der Waals surface area contributed by atoms with Crippen molar-refractivity contribution in [1.29, 1.82) is 0 Å². The summed E-state index contributed by atoms with van der Waals surface area (Å²) in [4.78, 5) is 0. The van der Waals surface area contributed by atoms with E-state index in [4.69, 9.17) is 0 Å². The molecule has 0 spiro atoms. The van der Waals surface area contributed by atoms with Crippen LogP contribution in [0.15, 0.2) is 72.8 Å². The molecule has 0 fully saturated rings. The first-order chi connectivity index (χ1) is 10.2. The Morgan fingerprint density at radius 2 is 1.24 bits per heavy atom. The first kappa shape index (κ1) is 13.6. The van der Waals surface area contributed by atoms with Crippen LogP contribution in [0.25, 0.3) is 11.1 Å². The maximum absolute atomic E-state index is 2.34. The minimum absolute atomic E-state index is 0.986. The minimum atomic E-state index is 0.986. The Labute approximate surface area is 127 Å². The summed E-state index contributed by atoms with van der Waals surface area (Å²) in [5.74, 6) is 0. The molecule has 0 unspecified atom stereocenters. The third kappa shape index (κ3) is 3.05. The summed E-state index contributed by atoms with van der Waals surface area (Å²) >= 11 is 0. The summed E-state index contributed by atoms with van der Waals surface area (Å²) in [5, 5.41) is 0. The van der Waals surface area contributed by atoms with Crippen LogP contribution in [-0.2, 0) is 6.42 Å². The zero-order valence-corrected chi connectivity index (χ0v) is 12.6. The first-order valence-electron chi connectivity index (χ1n) is 7.43. The molecule has 0 heterocycles. The molecule has 0 aliphatic heterocycles. The second kappa shape index (κ2) is 5.97. The molecule has 3 aromatic rings. The molecule has 0 bridgehead atoms. The van der Waals surface area contributed by atoms with Gasteiger partial charge in [-0.2, -0.15) is 0 Å². The third-order valence-corrected chi connectivity index (χ3v) is 3.99. The van der Waals surface area contributed by atoms with Gasteiger partial charge in [0.05, 0.1) is 0 Å². The van der Waals surface area contributed by atoms with E-state index in [0.717, 1.165) is 6.42 Å². The van der Waals surface area contributed by atoms with Crippen molar-refractivity contribution >= 4 is 0 Å². The van der Waals surface area contributed by atoms with Gasteiger partial charge >= 0.3 is 0 Å². The fraction of sp³-hybridized carbons (Fsp3) is 0.143. The topological polar surface area (TPSA) is 0 Å². The second-order valence-electron chi connectivity index (χ2n) is 5.63. The van der Waals surface area contributed by atoms with Gasteiger partial charge in [-0.1, -0.05) is 72.8 Å². The zero-order valence-electron chi connectivity index (χ0n) is 12.6. The number of hydrogen-bond acceptors (Lipinski definition) is 0. The molecule has 0 N–H and O–H groups in total. The van der Waals surface area contributed by atoms with Gasteiger partial charge in [-0.15, -0.1) is 0 Å². The molecule has 0 radical (unpaired) electrons. The lowest BCUT2D eigenvalue weighted by molar-refractivity contribution is 1.19. The summed E-state index contributed by atoms with van der Waals surface area (Å²) in [7, 11) is 0. The molecule has 0 aromatic heterocycles. The summed E-state index contributed by atoms with van der Waals surface area (Å²) in [6.45, 7) is 4.37. The van der Waals surface area contributed by atoms with Gasteiger partial charge in [0, 0.05) is 0 Å². The Kier molecular flexibility index (Phi) is 3.87. The van der Waals surface area contributed by atoms with Crippen molar-refractivity contribution in [2.24, 2.45) is 0 Å². The third-order valence-electron chi connectivity index (χ3n) is 3.99. The van der Waals surface area contributed by atoms with Crippen LogP contribution in [0.3, 0.4) is 0 Å². The molecule has 3 rings (SSSR count). The van der Waals surface area contributed by atoms with Gasteiger partial charge in [-0.3, -0.25) is 0 Å². The molecule has 0 atom stereocenters. The molecule has 0 saturated heterocycles. The average Bonchev–Trinajstić information content (AvgIpc) is 2.51. The van der Waals surface area contributed by atoms with Gasteiger partial charge in [0.25, 0.3) is 0 Å². The monoisotopic (exact) mass is 272 g/mol. The van der Waals surface area contributed by atoms with Crippen molar-refractivity contribution < 1.29 is 0 Å². The van der Waals surface area contributed by atoms with Crippen LogP contribution in [0.4, 0.5) is 0 Å². The van der Waals surface area contributed by atoms with Crippen LogP contribution in [0.2, 0.25) is 0 Å². The van der Waals surface area contributed by atoms with Crippen molar-refractivity contribution in [2.75, 3.05) is 0 Å². The number of aryl methyl sites for hydroxylation is 2. The summed E-state index contributed by atoms with van der Waals surface area (Å²) in [6, 6.07) is 26.1. The highest BCUT2D eigenvalue weighted by Gasteiger charge is 2.06. The Morgan fingerprint density at radius 3 is 2.00 bits per heavy atom. The fourth-order valence-corrected chi connectivity index (χ4v) is 2.78. The van der Waals surface area contributed by atoms with Gasteiger partial charge in [0.2, 0.25) is 0 Å². The fourth-order valence-electron chi connectivity index (χ4n) is 2.78. The van der Waals surface area contributed by atoms with E-state index in [1.165, 1.54) is 33.4 Å².